The van der Waals surface area contributed by atoms with Gasteiger partial charge >= 0.3 is 0 Å². The molecule has 6 heteroatoms. The second kappa shape index (κ2) is 8.52. The molecule has 1 fully saturated rings. The van der Waals surface area contributed by atoms with Gasteiger partial charge in [-0.05, 0) is 55.7 Å². The van der Waals surface area contributed by atoms with Crippen molar-refractivity contribution in [2.24, 2.45) is 0 Å². The smallest absolute Gasteiger partial charge is 0.256 e. The first-order valence-corrected chi connectivity index (χ1v) is 9.49. The Labute approximate surface area is 164 Å². The fourth-order valence-electron chi connectivity index (χ4n) is 3.14. The molecule has 0 bridgehead atoms. The van der Waals surface area contributed by atoms with Crippen molar-refractivity contribution in [3.63, 3.8) is 0 Å². The zero-order chi connectivity index (χ0) is 19.2. The van der Waals surface area contributed by atoms with Gasteiger partial charge in [-0.2, -0.15) is 0 Å². The van der Waals surface area contributed by atoms with E-state index in [1.54, 1.807) is 12.4 Å². The number of hydrogen-bond acceptors (Lipinski definition) is 5. The van der Waals surface area contributed by atoms with Crippen LogP contribution in [-0.4, -0.2) is 33.9 Å². The van der Waals surface area contributed by atoms with Gasteiger partial charge in [-0.25, -0.2) is 9.97 Å². The molecule has 28 heavy (non-hydrogen) atoms. The Morgan fingerprint density at radius 2 is 1.50 bits per heavy atom. The van der Waals surface area contributed by atoms with Crippen molar-refractivity contribution >= 4 is 17.5 Å². The predicted octanol–water partition coefficient (Wildman–Crippen LogP) is 4.64. The van der Waals surface area contributed by atoms with Crippen LogP contribution in [0, 0.1) is 0 Å². The molecule has 142 valence electrons. The largest absolute Gasteiger partial charge is 0.457 e. The third-order valence-electron chi connectivity index (χ3n) is 4.63. The summed E-state index contributed by atoms with van der Waals surface area (Å²) in [4.78, 5) is 22.9. The maximum absolute atomic E-state index is 12.5. The number of rotatable bonds is 5. The van der Waals surface area contributed by atoms with Crippen LogP contribution in [-0.2, 0) is 0 Å². The van der Waals surface area contributed by atoms with E-state index in [0.29, 0.717) is 11.5 Å². The molecule has 1 N–H and O–H groups in total. The highest BCUT2D eigenvalue weighted by Crippen LogP contribution is 2.23. The second-order valence-electron chi connectivity index (χ2n) is 6.71. The highest BCUT2D eigenvalue weighted by molar-refractivity contribution is 5.93. The van der Waals surface area contributed by atoms with Gasteiger partial charge in [0.1, 0.15) is 11.5 Å². The van der Waals surface area contributed by atoms with Crippen molar-refractivity contribution in [3.8, 4) is 11.5 Å². The average Bonchev–Trinajstić information content (AvgIpc) is 2.76. The minimum absolute atomic E-state index is 0.00802. The number of benzene rings is 2. The fourth-order valence-corrected chi connectivity index (χ4v) is 3.14. The standard InChI is InChI=1S/C22H22N4O2/c27-21(26-13-5-2-6-14-26)17-15-23-22(24-16-17)25-18-9-11-20(12-10-18)28-19-7-3-1-4-8-19/h1,3-4,7-12,15-16H,2,5-6,13-14H2,(H,23,24,25). The van der Waals surface area contributed by atoms with Crippen molar-refractivity contribution in [1.82, 2.24) is 14.9 Å². The lowest BCUT2D eigenvalue weighted by atomic mass is 10.1. The van der Waals surface area contributed by atoms with Crippen molar-refractivity contribution < 1.29 is 9.53 Å². The molecule has 0 radical (unpaired) electrons. The summed E-state index contributed by atoms with van der Waals surface area (Å²) in [6.45, 7) is 1.63. The molecule has 3 aromatic rings. The van der Waals surface area contributed by atoms with Crippen LogP contribution in [0.4, 0.5) is 11.6 Å². The Bertz CT molecular complexity index is 906. The van der Waals surface area contributed by atoms with Crippen molar-refractivity contribution in [3.05, 3.63) is 72.6 Å². The Hall–Kier alpha value is -3.41. The number of carbonyl (C=O) groups is 1. The fraction of sp³-hybridized carbons (Fsp3) is 0.227. The van der Waals surface area contributed by atoms with E-state index in [4.69, 9.17) is 4.74 Å². The summed E-state index contributed by atoms with van der Waals surface area (Å²) in [5.74, 6) is 2.00. The number of aromatic nitrogens is 2. The first kappa shape index (κ1) is 18.0. The average molecular weight is 374 g/mol. The molecule has 1 aromatic heterocycles. The van der Waals surface area contributed by atoms with Gasteiger partial charge in [-0.15, -0.1) is 0 Å². The Morgan fingerprint density at radius 3 is 2.18 bits per heavy atom. The minimum atomic E-state index is 0.00802. The molecule has 2 aromatic carbocycles. The van der Waals surface area contributed by atoms with Gasteiger partial charge in [0, 0.05) is 31.2 Å². The first-order chi connectivity index (χ1) is 13.8. The van der Waals surface area contributed by atoms with Crippen LogP contribution in [0.3, 0.4) is 0 Å². The van der Waals surface area contributed by atoms with E-state index >= 15 is 0 Å². The van der Waals surface area contributed by atoms with Gasteiger partial charge in [0.15, 0.2) is 0 Å². The molecule has 0 atom stereocenters. The quantitative estimate of drug-likeness (QED) is 0.705. The van der Waals surface area contributed by atoms with Crippen molar-refractivity contribution in [1.29, 1.82) is 0 Å². The zero-order valence-electron chi connectivity index (χ0n) is 15.5. The van der Waals surface area contributed by atoms with E-state index in [1.165, 1.54) is 6.42 Å². The van der Waals surface area contributed by atoms with E-state index in [0.717, 1.165) is 43.1 Å². The summed E-state index contributed by atoms with van der Waals surface area (Å²) in [6.07, 6.45) is 6.49. The second-order valence-corrected chi connectivity index (χ2v) is 6.71. The highest BCUT2D eigenvalue weighted by Gasteiger charge is 2.18. The van der Waals surface area contributed by atoms with E-state index in [9.17, 15) is 4.79 Å². The van der Waals surface area contributed by atoms with E-state index in [1.807, 2.05) is 59.5 Å². The summed E-state index contributed by atoms with van der Waals surface area (Å²) in [5, 5.41) is 3.14. The Kier molecular flexibility index (Phi) is 5.47. The van der Waals surface area contributed by atoms with Gasteiger partial charge in [-0.1, -0.05) is 18.2 Å². The summed E-state index contributed by atoms with van der Waals surface area (Å²) in [6, 6.07) is 17.2. The van der Waals surface area contributed by atoms with Gasteiger partial charge in [0.25, 0.3) is 5.91 Å². The van der Waals surface area contributed by atoms with Crippen molar-refractivity contribution in [2.75, 3.05) is 18.4 Å². The molecule has 0 saturated carbocycles. The van der Waals surface area contributed by atoms with E-state index < -0.39 is 0 Å². The van der Waals surface area contributed by atoms with Crippen LogP contribution in [0.2, 0.25) is 0 Å². The predicted molar refractivity (Wildman–Crippen MR) is 108 cm³/mol. The highest BCUT2D eigenvalue weighted by atomic mass is 16.5. The lowest BCUT2D eigenvalue weighted by Gasteiger charge is -2.26. The number of para-hydroxylation sites is 1. The molecule has 1 saturated heterocycles. The van der Waals surface area contributed by atoms with Gasteiger partial charge in [-0.3, -0.25) is 4.79 Å². The maximum atomic E-state index is 12.5. The van der Waals surface area contributed by atoms with Crippen molar-refractivity contribution in [2.45, 2.75) is 19.3 Å². The number of nitrogens with zero attached hydrogens (tertiary/aromatic N) is 3. The van der Waals surface area contributed by atoms with Crippen LogP contribution >= 0.6 is 0 Å². The lowest BCUT2D eigenvalue weighted by Crippen LogP contribution is -2.35. The molecular weight excluding hydrogens is 352 g/mol. The van der Waals surface area contributed by atoms with Crippen LogP contribution in [0.25, 0.3) is 0 Å². The number of amides is 1. The molecule has 0 unspecified atom stereocenters. The van der Waals surface area contributed by atoms with Crippen LogP contribution < -0.4 is 10.1 Å². The number of anilines is 2. The summed E-state index contributed by atoms with van der Waals surface area (Å²) < 4.78 is 5.78. The zero-order valence-corrected chi connectivity index (χ0v) is 15.5. The number of carbonyl (C=O) groups excluding carboxylic acids is 1. The monoisotopic (exact) mass is 374 g/mol. The lowest BCUT2D eigenvalue weighted by molar-refractivity contribution is 0.0723. The number of nitrogens with one attached hydrogen (secondary N) is 1. The third-order valence-corrected chi connectivity index (χ3v) is 4.63. The number of hydrogen-bond donors (Lipinski definition) is 1. The van der Waals surface area contributed by atoms with Crippen LogP contribution in [0.1, 0.15) is 29.6 Å². The minimum Gasteiger partial charge on any atom is -0.457 e. The van der Waals surface area contributed by atoms with Gasteiger partial charge < -0.3 is 15.0 Å². The Morgan fingerprint density at radius 1 is 0.857 bits per heavy atom. The molecule has 1 aliphatic rings. The normalized spacial score (nSPS) is 13.8. The molecule has 0 spiro atoms. The molecular formula is C22H22N4O2. The van der Waals surface area contributed by atoms with E-state index in [-0.39, 0.29) is 5.91 Å². The number of piperidine rings is 1. The summed E-state index contributed by atoms with van der Waals surface area (Å²) >= 11 is 0. The SMILES string of the molecule is O=C(c1cnc(Nc2ccc(Oc3ccccc3)cc2)nc1)N1CCCCC1. The molecule has 4 rings (SSSR count). The Balaban J connectivity index is 1.37. The molecule has 0 aliphatic carbocycles. The topological polar surface area (TPSA) is 67.3 Å². The summed E-state index contributed by atoms with van der Waals surface area (Å²) in [5.41, 5.74) is 1.37. The van der Waals surface area contributed by atoms with Crippen LogP contribution in [0.15, 0.2) is 67.0 Å². The third kappa shape index (κ3) is 4.46. The molecule has 2 heterocycles. The first-order valence-electron chi connectivity index (χ1n) is 9.49. The van der Waals surface area contributed by atoms with Gasteiger partial charge in [0.2, 0.25) is 5.95 Å². The van der Waals surface area contributed by atoms with Gasteiger partial charge in [0.05, 0.1) is 5.56 Å². The molecule has 6 nitrogen and oxygen atoms in total. The van der Waals surface area contributed by atoms with Crippen LogP contribution in [0.5, 0.6) is 11.5 Å². The maximum Gasteiger partial charge on any atom is 0.256 e. The van der Waals surface area contributed by atoms with E-state index in [2.05, 4.69) is 15.3 Å². The molecule has 1 amide bonds. The summed E-state index contributed by atoms with van der Waals surface area (Å²) in [7, 11) is 0. The molecule has 1 aliphatic heterocycles. The number of ether oxygens (including phenoxy) is 1. The number of likely N-dealkylation sites (tertiary alicyclic amines) is 1.